The third kappa shape index (κ3) is 5.71. The molecule has 26 heavy (non-hydrogen) atoms. The van der Waals surface area contributed by atoms with E-state index in [1.54, 1.807) is 6.20 Å². The van der Waals surface area contributed by atoms with Crippen LogP contribution in [0, 0.1) is 0 Å². The molecule has 2 amide bonds. The molecule has 1 unspecified atom stereocenters. The van der Waals surface area contributed by atoms with Crippen molar-refractivity contribution in [2.24, 2.45) is 0 Å². The summed E-state index contributed by atoms with van der Waals surface area (Å²) in [5.74, 6) is 0. The van der Waals surface area contributed by atoms with E-state index in [0.29, 0.717) is 19.7 Å². The molecule has 1 aliphatic heterocycles. The van der Waals surface area contributed by atoms with E-state index in [9.17, 15) is 4.79 Å². The van der Waals surface area contributed by atoms with E-state index in [-0.39, 0.29) is 12.1 Å². The molecule has 0 aliphatic carbocycles. The Morgan fingerprint density at radius 1 is 1.27 bits per heavy atom. The van der Waals surface area contributed by atoms with E-state index in [1.807, 2.05) is 47.5 Å². The maximum Gasteiger partial charge on any atom is 0.317 e. The number of amides is 2. The second-order valence-electron chi connectivity index (χ2n) is 6.49. The number of hydrogen-bond acceptors (Lipinski definition) is 3. The van der Waals surface area contributed by atoms with Crippen LogP contribution >= 0.6 is 11.6 Å². The van der Waals surface area contributed by atoms with Crippen LogP contribution in [0.4, 0.5) is 4.79 Å². The number of piperidine rings is 1. The molecule has 138 valence electrons. The van der Waals surface area contributed by atoms with Gasteiger partial charge in [-0.05, 0) is 48.6 Å². The van der Waals surface area contributed by atoms with Crippen LogP contribution in [-0.4, -0.2) is 41.7 Å². The Labute approximate surface area is 159 Å². The van der Waals surface area contributed by atoms with Crippen molar-refractivity contribution < 1.29 is 9.53 Å². The molecule has 2 heterocycles. The average Bonchev–Trinajstić information content (AvgIpc) is 2.69. The SMILES string of the molecule is O=C(NCCc1ccc(Cl)cc1)N1CCCC(OCc2cccnc2)C1. The van der Waals surface area contributed by atoms with Crippen LogP contribution in [0.15, 0.2) is 48.8 Å². The van der Waals surface area contributed by atoms with E-state index in [2.05, 4.69) is 10.3 Å². The lowest BCUT2D eigenvalue weighted by molar-refractivity contribution is -0.000401. The molecule has 1 fully saturated rings. The first kappa shape index (κ1) is 18.7. The average molecular weight is 374 g/mol. The number of urea groups is 1. The number of halogens is 1. The molecule has 1 atom stereocenters. The Morgan fingerprint density at radius 3 is 2.88 bits per heavy atom. The molecule has 2 aromatic rings. The molecule has 0 spiro atoms. The van der Waals surface area contributed by atoms with Crippen LogP contribution in [0.25, 0.3) is 0 Å². The zero-order valence-corrected chi connectivity index (χ0v) is 15.5. The summed E-state index contributed by atoms with van der Waals surface area (Å²) in [7, 11) is 0. The molecule has 0 radical (unpaired) electrons. The Hall–Kier alpha value is -2.11. The van der Waals surface area contributed by atoms with Gasteiger partial charge < -0.3 is 15.0 Å². The van der Waals surface area contributed by atoms with Crippen molar-refractivity contribution in [3.63, 3.8) is 0 Å². The number of hydrogen-bond donors (Lipinski definition) is 1. The number of carbonyl (C=O) groups is 1. The van der Waals surface area contributed by atoms with Gasteiger partial charge in [-0.3, -0.25) is 4.98 Å². The monoisotopic (exact) mass is 373 g/mol. The Bertz CT molecular complexity index is 694. The molecular formula is C20H24ClN3O2. The highest BCUT2D eigenvalue weighted by Crippen LogP contribution is 2.15. The maximum atomic E-state index is 12.4. The van der Waals surface area contributed by atoms with E-state index in [1.165, 1.54) is 0 Å². The molecule has 1 aromatic carbocycles. The Kier molecular flexibility index (Phi) is 6.86. The summed E-state index contributed by atoms with van der Waals surface area (Å²) >= 11 is 5.88. The van der Waals surface area contributed by atoms with Crippen LogP contribution in [-0.2, 0) is 17.8 Å². The van der Waals surface area contributed by atoms with Gasteiger partial charge in [0, 0.05) is 37.1 Å². The Morgan fingerprint density at radius 2 is 2.12 bits per heavy atom. The molecule has 3 rings (SSSR count). The molecule has 6 heteroatoms. The lowest BCUT2D eigenvalue weighted by atomic mass is 10.1. The summed E-state index contributed by atoms with van der Waals surface area (Å²) in [6.07, 6.45) is 6.37. The standard InChI is InChI=1S/C20H24ClN3O2/c21-18-7-5-16(6-8-18)9-11-23-20(25)24-12-2-4-19(14-24)26-15-17-3-1-10-22-13-17/h1,3,5-8,10,13,19H,2,4,9,11-12,14-15H2,(H,23,25). The van der Waals surface area contributed by atoms with Crippen LogP contribution in [0.5, 0.6) is 0 Å². The zero-order valence-electron chi connectivity index (χ0n) is 14.7. The lowest BCUT2D eigenvalue weighted by Crippen LogP contribution is -2.48. The normalized spacial score (nSPS) is 17.1. The van der Waals surface area contributed by atoms with Gasteiger partial charge in [0.2, 0.25) is 0 Å². The zero-order chi connectivity index (χ0) is 18.2. The fourth-order valence-electron chi connectivity index (χ4n) is 3.03. The number of likely N-dealkylation sites (tertiary alicyclic amines) is 1. The first-order valence-corrected chi connectivity index (χ1v) is 9.36. The number of aromatic nitrogens is 1. The van der Waals surface area contributed by atoms with Crippen LogP contribution in [0.1, 0.15) is 24.0 Å². The summed E-state index contributed by atoms with van der Waals surface area (Å²) < 4.78 is 5.96. The van der Waals surface area contributed by atoms with Crippen molar-refractivity contribution in [3.05, 3.63) is 64.9 Å². The topological polar surface area (TPSA) is 54.5 Å². The minimum atomic E-state index is -0.0198. The highest BCUT2D eigenvalue weighted by atomic mass is 35.5. The fourth-order valence-corrected chi connectivity index (χ4v) is 3.16. The molecule has 0 saturated carbocycles. The molecule has 0 bridgehead atoms. The van der Waals surface area contributed by atoms with Gasteiger partial charge in [-0.15, -0.1) is 0 Å². The molecule has 1 N–H and O–H groups in total. The third-order valence-corrected chi connectivity index (χ3v) is 4.73. The molecule has 1 saturated heterocycles. The number of pyridine rings is 1. The number of nitrogens with zero attached hydrogens (tertiary/aromatic N) is 2. The number of benzene rings is 1. The third-order valence-electron chi connectivity index (χ3n) is 4.48. The molecular weight excluding hydrogens is 350 g/mol. The summed E-state index contributed by atoms with van der Waals surface area (Å²) in [5.41, 5.74) is 2.21. The first-order valence-electron chi connectivity index (χ1n) is 8.98. The van der Waals surface area contributed by atoms with Crippen LogP contribution in [0.2, 0.25) is 5.02 Å². The second kappa shape index (κ2) is 9.55. The van der Waals surface area contributed by atoms with Gasteiger partial charge in [0.1, 0.15) is 0 Å². The van der Waals surface area contributed by atoms with Crippen molar-refractivity contribution in [3.8, 4) is 0 Å². The number of ether oxygens (including phenoxy) is 1. The van der Waals surface area contributed by atoms with Crippen molar-refractivity contribution in [1.29, 1.82) is 0 Å². The minimum absolute atomic E-state index is 0.0198. The van der Waals surface area contributed by atoms with Gasteiger partial charge in [0.05, 0.1) is 12.7 Å². The highest BCUT2D eigenvalue weighted by Gasteiger charge is 2.23. The minimum Gasteiger partial charge on any atom is -0.372 e. The first-order chi connectivity index (χ1) is 12.7. The van der Waals surface area contributed by atoms with Gasteiger partial charge >= 0.3 is 6.03 Å². The summed E-state index contributed by atoms with van der Waals surface area (Å²) in [5, 5.41) is 3.72. The molecule has 5 nitrogen and oxygen atoms in total. The second-order valence-corrected chi connectivity index (χ2v) is 6.93. The van der Waals surface area contributed by atoms with Crippen molar-refractivity contribution in [2.75, 3.05) is 19.6 Å². The van der Waals surface area contributed by atoms with E-state index in [4.69, 9.17) is 16.3 Å². The van der Waals surface area contributed by atoms with E-state index in [0.717, 1.165) is 42.0 Å². The van der Waals surface area contributed by atoms with Gasteiger partial charge in [0.25, 0.3) is 0 Å². The summed E-state index contributed by atoms with van der Waals surface area (Å²) in [4.78, 5) is 18.3. The summed E-state index contributed by atoms with van der Waals surface area (Å²) in [6, 6.07) is 11.6. The Balaban J connectivity index is 1.40. The number of nitrogens with one attached hydrogen (secondary N) is 1. The largest absolute Gasteiger partial charge is 0.372 e. The maximum absolute atomic E-state index is 12.4. The van der Waals surface area contributed by atoms with E-state index < -0.39 is 0 Å². The summed E-state index contributed by atoms with van der Waals surface area (Å²) in [6.45, 7) is 2.55. The van der Waals surface area contributed by atoms with Gasteiger partial charge in [-0.25, -0.2) is 4.79 Å². The lowest BCUT2D eigenvalue weighted by Gasteiger charge is -2.32. The molecule has 1 aromatic heterocycles. The van der Waals surface area contributed by atoms with Gasteiger partial charge in [-0.2, -0.15) is 0 Å². The van der Waals surface area contributed by atoms with Crippen LogP contribution < -0.4 is 5.32 Å². The van der Waals surface area contributed by atoms with Gasteiger partial charge in [-0.1, -0.05) is 29.8 Å². The molecule has 1 aliphatic rings. The highest BCUT2D eigenvalue weighted by molar-refractivity contribution is 6.30. The predicted octanol–water partition coefficient (Wildman–Crippen LogP) is 3.67. The van der Waals surface area contributed by atoms with Crippen molar-refractivity contribution in [1.82, 2.24) is 15.2 Å². The quantitative estimate of drug-likeness (QED) is 0.840. The number of carbonyl (C=O) groups excluding carboxylic acids is 1. The fraction of sp³-hybridized carbons (Fsp3) is 0.400. The van der Waals surface area contributed by atoms with Crippen molar-refractivity contribution in [2.45, 2.75) is 32.0 Å². The van der Waals surface area contributed by atoms with Gasteiger partial charge in [0.15, 0.2) is 0 Å². The smallest absolute Gasteiger partial charge is 0.317 e. The predicted molar refractivity (Wildman–Crippen MR) is 102 cm³/mol. The van der Waals surface area contributed by atoms with E-state index >= 15 is 0 Å². The van der Waals surface area contributed by atoms with Crippen molar-refractivity contribution >= 4 is 17.6 Å². The van der Waals surface area contributed by atoms with Crippen LogP contribution in [0.3, 0.4) is 0 Å². The number of rotatable bonds is 6.